The highest BCUT2D eigenvalue weighted by Gasteiger charge is 2.20. The Balaban J connectivity index is 1.78. The number of halogens is 1. The molecule has 7 heteroatoms. The molecule has 0 spiro atoms. The van der Waals surface area contributed by atoms with Gasteiger partial charge in [0.1, 0.15) is 5.82 Å². The van der Waals surface area contributed by atoms with Crippen LogP contribution in [0.25, 0.3) is 5.69 Å². The molecule has 0 radical (unpaired) electrons. The first-order valence-electron chi connectivity index (χ1n) is 7.92. The average molecular weight is 356 g/mol. The molecular weight excluding hydrogens is 339 g/mol. The number of benzene rings is 2. The molecular formula is C18H17FN4OS. The monoisotopic (exact) mass is 356 g/mol. The van der Waals surface area contributed by atoms with Crippen LogP contribution in [0.3, 0.4) is 0 Å². The summed E-state index contributed by atoms with van der Waals surface area (Å²) in [7, 11) is 0. The summed E-state index contributed by atoms with van der Waals surface area (Å²) in [5, 5.41) is 11.6. The van der Waals surface area contributed by atoms with Gasteiger partial charge in [0.25, 0.3) is 0 Å². The first kappa shape index (κ1) is 17.3. The maximum atomic E-state index is 13.4. The topological polar surface area (TPSA) is 60.7 Å². The minimum absolute atomic E-state index is 0.00134. The van der Waals surface area contributed by atoms with Crippen LogP contribution in [0.5, 0.6) is 0 Å². The molecule has 25 heavy (non-hydrogen) atoms. The number of rotatable bonds is 6. The zero-order chi connectivity index (χ0) is 17.8. The quantitative estimate of drug-likeness (QED) is 0.497. The molecule has 0 bridgehead atoms. The van der Waals surface area contributed by atoms with Crippen molar-refractivity contribution < 1.29 is 9.18 Å². The number of carbonyl (C=O) groups excluding carboxylic acids is 1. The van der Waals surface area contributed by atoms with Gasteiger partial charge in [-0.15, -0.1) is 5.10 Å². The van der Waals surface area contributed by atoms with Crippen LogP contribution in [0.1, 0.15) is 29.8 Å². The smallest absolute Gasteiger partial charge is 0.214 e. The van der Waals surface area contributed by atoms with Crippen LogP contribution in [0.15, 0.2) is 53.7 Å². The molecule has 0 unspecified atom stereocenters. The molecule has 0 aliphatic carbocycles. The molecule has 1 atom stereocenters. The molecule has 3 aromatic rings. The first-order valence-corrected chi connectivity index (χ1v) is 8.80. The van der Waals surface area contributed by atoms with Crippen molar-refractivity contribution in [3.05, 3.63) is 65.5 Å². The van der Waals surface area contributed by atoms with Crippen molar-refractivity contribution in [1.82, 2.24) is 20.2 Å². The normalized spacial score (nSPS) is 12.1. The van der Waals surface area contributed by atoms with Gasteiger partial charge in [-0.2, -0.15) is 4.68 Å². The van der Waals surface area contributed by atoms with E-state index in [0.29, 0.717) is 16.4 Å². The fourth-order valence-corrected chi connectivity index (χ4v) is 3.26. The third-order valence-corrected chi connectivity index (χ3v) is 4.82. The zero-order valence-electron chi connectivity index (χ0n) is 13.9. The highest BCUT2D eigenvalue weighted by molar-refractivity contribution is 8.00. The molecule has 0 fully saturated rings. The van der Waals surface area contributed by atoms with Crippen LogP contribution >= 0.6 is 11.8 Å². The third-order valence-electron chi connectivity index (χ3n) is 3.79. The number of nitrogens with zero attached hydrogens (tertiary/aromatic N) is 4. The number of hydrogen-bond donors (Lipinski definition) is 0. The Bertz CT molecular complexity index is 879. The second kappa shape index (κ2) is 7.57. The number of hydrogen-bond acceptors (Lipinski definition) is 5. The fourth-order valence-electron chi connectivity index (χ4n) is 2.37. The van der Waals surface area contributed by atoms with Crippen molar-refractivity contribution in [2.75, 3.05) is 0 Å². The Labute approximate surface area is 149 Å². The summed E-state index contributed by atoms with van der Waals surface area (Å²) >= 11 is 1.25. The molecule has 128 valence electrons. The van der Waals surface area contributed by atoms with E-state index in [0.717, 1.165) is 6.42 Å². The SMILES string of the molecule is CCc1ccc(C(=O)[C@H](C)Sc2nnnn2-c2cccc(F)c2)cc1. The zero-order valence-corrected chi connectivity index (χ0v) is 14.7. The van der Waals surface area contributed by atoms with Crippen LogP contribution in [0, 0.1) is 5.82 Å². The van der Waals surface area contributed by atoms with Crippen molar-refractivity contribution in [3.8, 4) is 5.69 Å². The lowest BCUT2D eigenvalue weighted by Gasteiger charge is -2.10. The number of aromatic nitrogens is 4. The van der Waals surface area contributed by atoms with Gasteiger partial charge in [0.05, 0.1) is 10.9 Å². The van der Waals surface area contributed by atoms with Crippen molar-refractivity contribution in [3.63, 3.8) is 0 Å². The molecule has 0 saturated heterocycles. The molecule has 2 aromatic carbocycles. The summed E-state index contributed by atoms with van der Waals surface area (Å²) in [6.07, 6.45) is 0.932. The molecule has 5 nitrogen and oxygen atoms in total. The number of thioether (sulfide) groups is 1. The number of Topliss-reactive ketones (excluding diaryl/α,β-unsaturated/α-hetero) is 1. The van der Waals surface area contributed by atoms with Crippen molar-refractivity contribution >= 4 is 17.5 Å². The number of ketones is 1. The van der Waals surface area contributed by atoms with Crippen LogP contribution in [0.2, 0.25) is 0 Å². The van der Waals surface area contributed by atoms with E-state index >= 15 is 0 Å². The summed E-state index contributed by atoms with van der Waals surface area (Å²) < 4.78 is 14.9. The first-order chi connectivity index (χ1) is 12.1. The Morgan fingerprint density at radius 2 is 2.00 bits per heavy atom. The predicted molar refractivity (Wildman–Crippen MR) is 94.6 cm³/mol. The molecule has 0 N–H and O–H groups in total. The lowest BCUT2D eigenvalue weighted by atomic mass is 10.1. The van der Waals surface area contributed by atoms with Gasteiger partial charge in [-0.25, -0.2) is 4.39 Å². The average Bonchev–Trinajstić information content (AvgIpc) is 3.09. The lowest BCUT2D eigenvalue weighted by Crippen LogP contribution is -2.14. The minimum Gasteiger partial charge on any atom is -0.293 e. The number of aryl methyl sites for hydroxylation is 1. The number of tetrazole rings is 1. The maximum Gasteiger partial charge on any atom is 0.214 e. The molecule has 0 saturated carbocycles. The van der Waals surface area contributed by atoms with Crippen molar-refractivity contribution in [1.29, 1.82) is 0 Å². The van der Waals surface area contributed by atoms with E-state index in [9.17, 15) is 9.18 Å². The second-order valence-corrected chi connectivity index (χ2v) is 6.84. The van der Waals surface area contributed by atoms with Gasteiger partial charge < -0.3 is 0 Å². The molecule has 3 rings (SSSR count). The molecule has 1 heterocycles. The van der Waals surface area contributed by atoms with Crippen LogP contribution in [-0.4, -0.2) is 31.2 Å². The summed E-state index contributed by atoms with van der Waals surface area (Å²) in [6.45, 7) is 3.88. The second-order valence-electron chi connectivity index (χ2n) is 5.53. The Morgan fingerprint density at radius 1 is 1.24 bits per heavy atom. The molecule has 0 aliphatic heterocycles. The lowest BCUT2D eigenvalue weighted by molar-refractivity contribution is 0.0994. The van der Waals surface area contributed by atoms with E-state index in [-0.39, 0.29) is 16.9 Å². The van der Waals surface area contributed by atoms with Gasteiger partial charge in [-0.3, -0.25) is 4.79 Å². The molecule has 0 aliphatic rings. The summed E-state index contributed by atoms with van der Waals surface area (Å²) in [5.74, 6) is -0.370. The highest BCUT2D eigenvalue weighted by Crippen LogP contribution is 2.25. The molecule has 0 amide bonds. The minimum atomic E-state index is -0.371. The summed E-state index contributed by atoms with van der Waals surface area (Å²) in [6, 6.07) is 13.6. The standard InChI is InChI=1S/C18H17FN4OS/c1-3-13-7-9-14(10-8-13)17(24)12(2)25-18-20-21-22-23(18)16-6-4-5-15(19)11-16/h4-12H,3H2,1-2H3/t12-/m0/s1. The third kappa shape index (κ3) is 3.93. The predicted octanol–water partition coefficient (Wildman–Crippen LogP) is 3.73. The van der Waals surface area contributed by atoms with E-state index in [1.807, 2.05) is 31.2 Å². The van der Waals surface area contributed by atoms with E-state index in [1.54, 1.807) is 12.1 Å². The van der Waals surface area contributed by atoms with E-state index in [2.05, 4.69) is 22.4 Å². The Morgan fingerprint density at radius 3 is 2.68 bits per heavy atom. The van der Waals surface area contributed by atoms with E-state index < -0.39 is 0 Å². The van der Waals surface area contributed by atoms with Crippen LogP contribution in [0.4, 0.5) is 4.39 Å². The van der Waals surface area contributed by atoms with Crippen molar-refractivity contribution in [2.24, 2.45) is 0 Å². The van der Waals surface area contributed by atoms with Crippen LogP contribution in [-0.2, 0) is 6.42 Å². The number of carbonyl (C=O) groups is 1. The van der Waals surface area contributed by atoms with E-state index in [1.165, 1.54) is 34.1 Å². The maximum absolute atomic E-state index is 13.4. The van der Waals surface area contributed by atoms with Gasteiger partial charge in [0.15, 0.2) is 5.78 Å². The van der Waals surface area contributed by atoms with Gasteiger partial charge in [-0.05, 0) is 47.5 Å². The van der Waals surface area contributed by atoms with Gasteiger partial charge >= 0.3 is 0 Å². The van der Waals surface area contributed by atoms with Crippen LogP contribution < -0.4 is 0 Å². The molecule has 1 aromatic heterocycles. The Hall–Kier alpha value is -2.54. The van der Waals surface area contributed by atoms with Gasteiger partial charge in [-0.1, -0.05) is 49.0 Å². The largest absolute Gasteiger partial charge is 0.293 e. The summed E-state index contributed by atoms with van der Waals surface area (Å²) in [4.78, 5) is 12.6. The Kier molecular flexibility index (Phi) is 5.23. The van der Waals surface area contributed by atoms with Gasteiger partial charge in [0, 0.05) is 5.56 Å². The van der Waals surface area contributed by atoms with Crippen molar-refractivity contribution in [2.45, 2.75) is 30.7 Å². The van der Waals surface area contributed by atoms with Gasteiger partial charge in [0.2, 0.25) is 5.16 Å². The highest BCUT2D eigenvalue weighted by atomic mass is 32.2. The fraction of sp³-hybridized carbons (Fsp3) is 0.222. The van der Waals surface area contributed by atoms with E-state index in [4.69, 9.17) is 0 Å². The summed E-state index contributed by atoms with van der Waals surface area (Å²) in [5.41, 5.74) is 2.35.